The molecule has 1 aromatic carbocycles. The van der Waals surface area contributed by atoms with Gasteiger partial charge in [0.15, 0.2) is 5.69 Å². The van der Waals surface area contributed by atoms with E-state index in [-0.39, 0.29) is 11.3 Å². The molecule has 0 aliphatic heterocycles. The molecule has 92 valence electrons. The first-order valence-corrected chi connectivity index (χ1v) is 5.74. The number of aromatic nitrogens is 2. The molecular weight excluding hydrogens is 240 g/mol. The summed E-state index contributed by atoms with van der Waals surface area (Å²) in [4.78, 5) is 12.2. The molecule has 0 radical (unpaired) electrons. The van der Waals surface area contributed by atoms with E-state index >= 15 is 0 Å². The molecule has 0 spiro atoms. The molecule has 0 atom stereocenters. The van der Waals surface area contributed by atoms with Crippen molar-refractivity contribution in [1.82, 2.24) is 9.78 Å². The highest BCUT2D eigenvalue weighted by molar-refractivity contribution is 5.44. The van der Waals surface area contributed by atoms with Crippen LogP contribution in [0, 0.1) is 22.7 Å². The highest BCUT2D eigenvalue weighted by atomic mass is 16.1. The number of nitrogens with zero attached hydrogens (tertiary/aromatic N) is 4. The van der Waals surface area contributed by atoms with Crippen molar-refractivity contribution in [2.45, 2.75) is 13.3 Å². The number of hydrogen-bond acceptors (Lipinski definition) is 4. The van der Waals surface area contributed by atoms with Gasteiger partial charge in [-0.05, 0) is 18.6 Å². The zero-order valence-electron chi connectivity index (χ0n) is 10.3. The second kappa shape index (κ2) is 5.16. The van der Waals surface area contributed by atoms with Gasteiger partial charge in [-0.2, -0.15) is 20.3 Å². The minimum absolute atomic E-state index is 0.0158. The fraction of sp³-hybridized carbons (Fsp3) is 0.143. The summed E-state index contributed by atoms with van der Waals surface area (Å²) in [5, 5.41) is 22.2. The van der Waals surface area contributed by atoms with Gasteiger partial charge in [-0.1, -0.05) is 25.1 Å². The summed E-state index contributed by atoms with van der Waals surface area (Å²) in [6, 6.07) is 12.5. The Labute approximate surface area is 110 Å². The smallest absolute Gasteiger partial charge is 0.266 e. The summed E-state index contributed by atoms with van der Waals surface area (Å²) in [7, 11) is 0. The normalized spacial score (nSPS) is 9.63. The third-order valence-electron chi connectivity index (χ3n) is 2.77. The standard InChI is InChI=1S/C14H10N4O/c1-2-11-12(8-15)14(19)18(17-13(11)9-16)10-6-4-3-5-7-10/h3-7H,2H2,1H3. The molecule has 19 heavy (non-hydrogen) atoms. The van der Waals surface area contributed by atoms with Crippen LogP contribution in [-0.2, 0) is 6.42 Å². The number of benzene rings is 1. The minimum atomic E-state index is -0.496. The van der Waals surface area contributed by atoms with Crippen LogP contribution in [0.25, 0.3) is 5.69 Å². The van der Waals surface area contributed by atoms with Gasteiger partial charge in [0.05, 0.1) is 5.69 Å². The second-order valence-electron chi connectivity index (χ2n) is 3.83. The Morgan fingerprint density at radius 2 is 1.89 bits per heavy atom. The predicted molar refractivity (Wildman–Crippen MR) is 68.6 cm³/mol. The van der Waals surface area contributed by atoms with Crippen LogP contribution in [-0.4, -0.2) is 9.78 Å². The quantitative estimate of drug-likeness (QED) is 0.809. The lowest BCUT2D eigenvalue weighted by atomic mass is 10.1. The minimum Gasteiger partial charge on any atom is -0.266 e. The topological polar surface area (TPSA) is 82.5 Å². The summed E-state index contributed by atoms with van der Waals surface area (Å²) >= 11 is 0. The van der Waals surface area contributed by atoms with Crippen LogP contribution in [0.1, 0.15) is 23.7 Å². The molecule has 1 aromatic heterocycles. The number of nitriles is 2. The van der Waals surface area contributed by atoms with E-state index in [1.807, 2.05) is 18.2 Å². The molecule has 5 nitrogen and oxygen atoms in total. The Balaban J connectivity index is 2.83. The van der Waals surface area contributed by atoms with Gasteiger partial charge in [-0.25, -0.2) is 0 Å². The fourth-order valence-electron chi connectivity index (χ4n) is 1.85. The molecule has 0 fully saturated rings. The van der Waals surface area contributed by atoms with Crippen molar-refractivity contribution < 1.29 is 0 Å². The van der Waals surface area contributed by atoms with E-state index in [9.17, 15) is 4.79 Å². The molecule has 0 unspecified atom stereocenters. The molecule has 2 rings (SSSR count). The van der Waals surface area contributed by atoms with Crippen molar-refractivity contribution in [1.29, 1.82) is 10.5 Å². The van der Waals surface area contributed by atoms with Crippen molar-refractivity contribution in [2.24, 2.45) is 0 Å². The molecule has 0 saturated carbocycles. The Morgan fingerprint density at radius 1 is 1.21 bits per heavy atom. The monoisotopic (exact) mass is 250 g/mol. The maximum absolute atomic E-state index is 12.2. The first kappa shape index (κ1) is 12.5. The molecule has 0 aliphatic rings. The van der Waals surface area contributed by atoms with Crippen molar-refractivity contribution in [3.8, 4) is 17.8 Å². The molecule has 0 bridgehead atoms. The van der Waals surface area contributed by atoms with Crippen LogP contribution in [0.15, 0.2) is 35.1 Å². The van der Waals surface area contributed by atoms with Gasteiger partial charge in [0.2, 0.25) is 0 Å². The lowest BCUT2D eigenvalue weighted by molar-refractivity contribution is 0.778. The molecule has 2 aromatic rings. The van der Waals surface area contributed by atoms with Gasteiger partial charge >= 0.3 is 0 Å². The maximum Gasteiger partial charge on any atom is 0.289 e. The number of rotatable bonds is 2. The first-order valence-electron chi connectivity index (χ1n) is 5.74. The van der Waals surface area contributed by atoms with E-state index in [0.29, 0.717) is 17.7 Å². The zero-order chi connectivity index (χ0) is 13.8. The third-order valence-corrected chi connectivity index (χ3v) is 2.77. The van der Waals surface area contributed by atoms with E-state index in [0.717, 1.165) is 4.68 Å². The Kier molecular flexibility index (Phi) is 3.40. The Bertz CT molecular complexity index is 748. The van der Waals surface area contributed by atoms with Gasteiger partial charge < -0.3 is 0 Å². The molecule has 0 saturated heterocycles. The van der Waals surface area contributed by atoms with Gasteiger partial charge in [-0.15, -0.1) is 0 Å². The van der Waals surface area contributed by atoms with E-state index in [1.165, 1.54) is 0 Å². The molecule has 1 heterocycles. The van der Waals surface area contributed by atoms with E-state index in [2.05, 4.69) is 5.10 Å². The van der Waals surface area contributed by atoms with E-state index in [1.54, 1.807) is 31.2 Å². The van der Waals surface area contributed by atoms with Crippen molar-refractivity contribution in [3.05, 3.63) is 57.5 Å². The van der Waals surface area contributed by atoms with Gasteiger partial charge in [0.1, 0.15) is 17.7 Å². The van der Waals surface area contributed by atoms with Crippen LogP contribution < -0.4 is 5.56 Å². The zero-order valence-corrected chi connectivity index (χ0v) is 10.3. The summed E-state index contributed by atoms with van der Waals surface area (Å²) in [6.07, 6.45) is 0.420. The van der Waals surface area contributed by atoms with Gasteiger partial charge in [-0.3, -0.25) is 4.79 Å². The SMILES string of the molecule is CCc1c(C#N)nn(-c2ccccc2)c(=O)c1C#N. The maximum atomic E-state index is 12.2. The average Bonchev–Trinajstić information content (AvgIpc) is 2.47. The Morgan fingerprint density at radius 3 is 2.42 bits per heavy atom. The number of hydrogen-bond donors (Lipinski definition) is 0. The molecular formula is C14H10N4O. The van der Waals surface area contributed by atoms with Crippen molar-refractivity contribution >= 4 is 0 Å². The van der Waals surface area contributed by atoms with Gasteiger partial charge in [0, 0.05) is 5.56 Å². The van der Waals surface area contributed by atoms with Crippen LogP contribution in [0.2, 0.25) is 0 Å². The second-order valence-corrected chi connectivity index (χ2v) is 3.83. The number of para-hydroxylation sites is 1. The van der Waals surface area contributed by atoms with Crippen molar-refractivity contribution in [2.75, 3.05) is 0 Å². The lowest BCUT2D eigenvalue weighted by Gasteiger charge is -2.08. The van der Waals surface area contributed by atoms with Crippen LogP contribution in [0.3, 0.4) is 0 Å². The molecule has 0 N–H and O–H groups in total. The fourth-order valence-corrected chi connectivity index (χ4v) is 1.85. The largest absolute Gasteiger partial charge is 0.289 e. The summed E-state index contributed by atoms with van der Waals surface area (Å²) in [5.41, 5.74) is 0.537. The summed E-state index contributed by atoms with van der Waals surface area (Å²) < 4.78 is 1.09. The molecule has 0 amide bonds. The third kappa shape index (κ3) is 2.10. The van der Waals surface area contributed by atoms with Gasteiger partial charge in [0.25, 0.3) is 5.56 Å². The van der Waals surface area contributed by atoms with E-state index in [4.69, 9.17) is 10.5 Å². The van der Waals surface area contributed by atoms with Crippen LogP contribution in [0.4, 0.5) is 0 Å². The summed E-state index contributed by atoms with van der Waals surface area (Å²) in [6.45, 7) is 1.78. The highest BCUT2D eigenvalue weighted by Crippen LogP contribution is 2.11. The lowest BCUT2D eigenvalue weighted by Crippen LogP contribution is -2.26. The van der Waals surface area contributed by atoms with Crippen molar-refractivity contribution in [3.63, 3.8) is 0 Å². The molecule has 0 aliphatic carbocycles. The van der Waals surface area contributed by atoms with Crippen LogP contribution in [0.5, 0.6) is 0 Å². The Hall–Kier alpha value is -2.92. The highest BCUT2D eigenvalue weighted by Gasteiger charge is 2.16. The summed E-state index contributed by atoms with van der Waals surface area (Å²) in [5.74, 6) is 0. The van der Waals surface area contributed by atoms with E-state index < -0.39 is 5.56 Å². The first-order chi connectivity index (χ1) is 9.22. The van der Waals surface area contributed by atoms with Crippen LogP contribution >= 0.6 is 0 Å². The molecule has 5 heteroatoms. The predicted octanol–water partition coefficient (Wildman–Crippen LogP) is 1.54. The average molecular weight is 250 g/mol.